The molecule has 1 aliphatic rings. The van der Waals surface area contributed by atoms with Crippen LogP contribution in [0.5, 0.6) is 0 Å². The molecule has 4 rings (SSSR count). The minimum atomic E-state index is 0.443. The van der Waals surface area contributed by atoms with Crippen molar-refractivity contribution in [3.63, 3.8) is 0 Å². The number of fused-ring (bicyclic) bond motifs is 1. The first kappa shape index (κ1) is 13.6. The summed E-state index contributed by atoms with van der Waals surface area (Å²) < 4.78 is 2.19. The Kier molecular flexibility index (Phi) is 3.26. The number of hydrogen-bond donors (Lipinski definition) is 1. The smallest absolute Gasteiger partial charge is 0.126 e. The van der Waals surface area contributed by atoms with Crippen molar-refractivity contribution in [2.45, 2.75) is 32.4 Å². The van der Waals surface area contributed by atoms with Gasteiger partial charge in [-0.2, -0.15) is 0 Å². The van der Waals surface area contributed by atoms with Gasteiger partial charge in [-0.3, -0.25) is 4.90 Å². The molecule has 3 heterocycles. The Labute approximate surface area is 130 Å². The maximum Gasteiger partial charge on any atom is 0.126 e. The van der Waals surface area contributed by atoms with Crippen molar-refractivity contribution in [1.82, 2.24) is 19.4 Å². The van der Waals surface area contributed by atoms with Crippen LogP contribution in [0.15, 0.2) is 36.7 Å². The minimum Gasteiger partial charge on any atom is -0.361 e. The molecule has 0 bridgehead atoms. The molecule has 0 spiro atoms. The highest BCUT2D eigenvalue weighted by atomic mass is 15.2. The molecule has 2 aromatic heterocycles. The van der Waals surface area contributed by atoms with Gasteiger partial charge in [0, 0.05) is 31.5 Å². The zero-order chi connectivity index (χ0) is 15.1. The second-order valence-electron chi connectivity index (χ2n) is 6.38. The summed E-state index contributed by atoms with van der Waals surface area (Å²) in [4.78, 5) is 10.6. The first-order valence-corrected chi connectivity index (χ1v) is 8.00. The standard InChI is InChI=1S/C18H22N4/c1-13-11-21(2)18(20-13)17-4-3-9-22(17)12-14-5-6-15-7-8-19-16(15)10-14/h5-8,10-11,17,19H,3-4,9,12H2,1-2H3. The fourth-order valence-corrected chi connectivity index (χ4v) is 3.68. The average molecular weight is 294 g/mol. The van der Waals surface area contributed by atoms with E-state index in [1.54, 1.807) is 0 Å². The van der Waals surface area contributed by atoms with E-state index in [9.17, 15) is 0 Å². The average Bonchev–Trinajstić information content (AvgIpc) is 3.18. The van der Waals surface area contributed by atoms with Gasteiger partial charge in [0.1, 0.15) is 5.82 Å². The molecule has 4 nitrogen and oxygen atoms in total. The fraction of sp³-hybridized carbons (Fsp3) is 0.389. The van der Waals surface area contributed by atoms with Crippen LogP contribution < -0.4 is 0 Å². The summed E-state index contributed by atoms with van der Waals surface area (Å²) in [6, 6.07) is 9.29. The Bertz CT molecular complexity index is 798. The molecule has 1 atom stereocenters. The van der Waals surface area contributed by atoms with Crippen LogP contribution >= 0.6 is 0 Å². The minimum absolute atomic E-state index is 0.443. The zero-order valence-electron chi connectivity index (χ0n) is 13.2. The largest absolute Gasteiger partial charge is 0.361 e. The lowest BCUT2D eigenvalue weighted by molar-refractivity contribution is 0.236. The molecule has 1 aromatic carbocycles. The van der Waals surface area contributed by atoms with Crippen molar-refractivity contribution in [3.05, 3.63) is 53.7 Å². The lowest BCUT2D eigenvalue weighted by Crippen LogP contribution is -2.24. The second kappa shape index (κ2) is 5.29. The van der Waals surface area contributed by atoms with Gasteiger partial charge in [-0.1, -0.05) is 12.1 Å². The summed E-state index contributed by atoms with van der Waals surface area (Å²) in [7, 11) is 2.11. The quantitative estimate of drug-likeness (QED) is 0.802. The van der Waals surface area contributed by atoms with Gasteiger partial charge in [-0.25, -0.2) is 4.98 Å². The third-order valence-corrected chi connectivity index (χ3v) is 4.70. The Balaban J connectivity index is 1.59. The van der Waals surface area contributed by atoms with Crippen LogP contribution in [0.25, 0.3) is 10.9 Å². The summed E-state index contributed by atoms with van der Waals surface area (Å²) in [6.45, 7) is 4.22. The Morgan fingerprint density at radius 3 is 3.05 bits per heavy atom. The topological polar surface area (TPSA) is 36.9 Å². The Morgan fingerprint density at radius 1 is 1.32 bits per heavy atom. The Hall–Kier alpha value is -2.07. The molecule has 3 aromatic rings. The van der Waals surface area contributed by atoms with Crippen molar-refractivity contribution in [1.29, 1.82) is 0 Å². The number of imidazole rings is 1. The molecule has 0 aliphatic carbocycles. The number of hydrogen-bond acceptors (Lipinski definition) is 2. The third kappa shape index (κ3) is 2.33. The number of aromatic nitrogens is 3. The van der Waals surface area contributed by atoms with Crippen molar-refractivity contribution in [3.8, 4) is 0 Å². The predicted octanol–water partition coefficient (Wildman–Crippen LogP) is 3.55. The number of likely N-dealkylation sites (tertiary alicyclic amines) is 1. The fourth-order valence-electron chi connectivity index (χ4n) is 3.68. The Morgan fingerprint density at radius 2 is 2.23 bits per heavy atom. The van der Waals surface area contributed by atoms with Gasteiger partial charge in [-0.05, 0) is 49.4 Å². The SMILES string of the molecule is Cc1cn(C)c(C2CCCN2Cc2ccc3cc[nH]c3c2)n1. The van der Waals surface area contributed by atoms with Crippen LogP contribution in [-0.4, -0.2) is 26.0 Å². The maximum absolute atomic E-state index is 4.74. The van der Waals surface area contributed by atoms with Gasteiger partial charge < -0.3 is 9.55 Å². The molecule has 1 fully saturated rings. The normalized spacial score (nSPS) is 19.3. The lowest BCUT2D eigenvalue weighted by atomic mass is 10.1. The van der Waals surface area contributed by atoms with Crippen LogP contribution in [0.3, 0.4) is 0 Å². The van der Waals surface area contributed by atoms with Gasteiger partial charge in [0.05, 0.1) is 11.7 Å². The molecule has 4 heteroatoms. The molecule has 1 unspecified atom stereocenters. The van der Waals surface area contributed by atoms with Gasteiger partial charge >= 0.3 is 0 Å². The maximum atomic E-state index is 4.74. The van der Waals surface area contributed by atoms with E-state index in [4.69, 9.17) is 4.98 Å². The highest BCUT2D eigenvalue weighted by Gasteiger charge is 2.29. The highest BCUT2D eigenvalue weighted by Crippen LogP contribution is 2.32. The number of rotatable bonds is 3. The van der Waals surface area contributed by atoms with Crippen molar-refractivity contribution in [2.75, 3.05) is 6.54 Å². The zero-order valence-corrected chi connectivity index (χ0v) is 13.2. The van der Waals surface area contributed by atoms with E-state index in [-0.39, 0.29) is 0 Å². The molecule has 0 radical (unpaired) electrons. The number of nitrogens with one attached hydrogen (secondary N) is 1. The summed E-state index contributed by atoms with van der Waals surface area (Å²) in [5, 5.41) is 1.28. The lowest BCUT2D eigenvalue weighted by Gasteiger charge is -2.24. The molecular formula is C18H22N4. The van der Waals surface area contributed by atoms with Crippen molar-refractivity contribution >= 4 is 10.9 Å². The molecule has 0 saturated carbocycles. The van der Waals surface area contributed by atoms with Crippen LogP contribution in [0.4, 0.5) is 0 Å². The number of H-pyrrole nitrogens is 1. The van der Waals surface area contributed by atoms with Crippen LogP contribution in [0, 0.1) is 6.92 Å². The predicted molar refractivity (Wildman–Crippen MR) is 88.6 cm³/mol. The van der Waals surface area contributed by atoms with Gasteiger partial charge in [-0.15, -0.1) is 0 Å². The molecule has 0 amide bonds. The summed E-state index contributed by atoms with van der Waals surface area (Å²) in [5.41, 5.74) is 3.70. The van der Waals surface area contributed by atoms with Crippen molar-refractivity contribution < 1.29 is 0 Å². The summed E-state index contributed by atoms with van der Waals surface area (Å²) in [6.07, 6.45) is 6.58. The van der Waals surface area contributed by atoms with E-state index >= 15 is 0 Å². The number of nitrogens with zero attached hydrogens (tertiary/aromatic N) is 3. The van der Waals surface area contributed by atoms with Crippen LogP contribution in [0.2, 0.25) is 0 Å². The number of aromatic amines is 1. The molecule has 1 N–H and O–H groups in total. The van der Waals surface area contributed by atoms with E-state index in [1.165, 1.54) is 35.1 Å². The van der Waals surface area contributed by atoms with E-state index < -0.39 is 0 Å². The summed E-state index contributed by atoms with van der Waals surface area (Å²) >= 11 is 0. The molecule has 114 valence electrons. The van der Waals surface area contributed by atoms with Crippen LogP contribution in [-0.2, 0) is 13.6 Å². The van der Waals surface area contributed by atoms with Crippen molar-refractivity contribution in [2.24, 2.45) is 7.05 Å². The van der Waals surface area contributed by atoms with E-state index in [0.717, 1.165) is 18.8 Å². The molecule has 22 heavy (non-hydrogen) atoms. The second-order valence-corrected chi connectivity index (χ2v) is 6.38. The van der Waals surface area contributed by atoms with Crippen LogP contribution in [0.1, 0.15) is 36.0 Å². The van der Waals surface area contributed by atoms with Gasteiger partial charge in [0.15, 0.2) is 0 Å². The highest BCUT2D eigenvalue weighted by molar-refractivity contribution is 5.79. The number of benzene rings is 1. The molecular weight excluding hydrogens is 272 g/mol. The molecule has 1 saturated heterocycles. The molecule has 1 aliphatic heterocycles. The van der Waals surface area contributed by atoms with E-state index in [0.29, 0.717) is 6.04 Å². The summed E-state index contributed by atoms with van der Waals surface area (Å²) in [5.74, 6) is 1.20. The monoisotopic (exact) mass is 294 g/mol. The first-order valence-electron chi connectivity index (χ1n) is 8.00. The van der Waals surface area contributed by atoms with E-state index in [1.807, 2.05) is 6.20 Å². The van der Waals surface area contributed by atoms with Gasteiger partial charge in [0.25, 0.3) is 0 Å². The van der Waals surface area contributed by atoms with Gasteiger partial charge in [0.2, 0.25) is 0 Å². The van der Waals surface area contributed by atoms with E-state index in [2.05, 4.69) is 58.9 Å². The first-order chi connectivity index (χ1) is 10.7. The number of aryl methyl sites for hydroxylation is 2. The third-order valence-electron chi connectivity index (χ3n) is 4.70.